The largest absolute Gasteiger partial charge is 0.550 e. The van der Waals surface area contributed by atoms with Gasteiger partial charge in [0, 0.05) is 31.9 Å². The Morgan fingerprint density at radius 1 is 1.50 bits per heavy atom. The van der Waals surface area contributed by atoms with E-state index in [0.717, 1.165) is 0 Å². The van der Waals surface area contributed by atoms with Crippen molar-refractivity contribution < 1.29 is 34.2 Å². The van der Waals surface area contributed by atoms with Gasteiger partial charge in [0.05, 0.1) is 0 Å². The third kappa shape index (κ3) is 9.23. The van der Waals surface area contributed by atoms with Gasteiger partial charge in [0.1, 0.15) is 5.78 Å². The van der Waals surface area contributed by atoms with Gasteiger partial charge >= 0.3 is 0 Å². The molecular weight excluding hydrogens is 161 g/mol. The van der Waals surface area contributed by atoms with Crippen LogP contribution in [0.1, 0.15) is 13.3 Å². The van der Waals surface area contributed by atoms with Gasteiger partial charge in [0.2, 0.25) is 0 Å². The molecule has 8 heavy (non-hydrogen) atoms. The van der Waals surface area contributed by atoms with Crippen LogP contribution in [0.25, 0.3) is 0 Å². The number of carbonyl (C=O) groups excluding carboxylic acids is 2. The molecular formula is C4H5O3Zn-. The molecule has 0 atom stereocenters. The van der Waals surface area contributed by atoms with Crippen LogP contribution in [-0.4, -0.2) is 11.8 Å². The molecule has 0 spiro atoms. The second kappa shape index (κ2) is 4.91. The quantitative estimate of drug-likeness (QED) is 0.379. The van der Waals surface area contributed by atoms with Gasteiger partial charge in [0.25, 0.3) is 0 Å². The molecule has 0 aromatic heterocycles. The van der Waals surface area contributed by atoms with E-state index >= 15 is 0 Å². The van der Waals surface area contributed by atoms with E-state index in [1.807, 2.05) is 0 Å². The number of aliphatic carboxylic acids is 1. The molecule has 0 bridgehead atoms. The molecule has 0 aliphatic carbocycles. The van der Waals surface area contributed by atoms with Gasteiger partial charge < -0.3 is 9.90 Å². The number of hydrogen-bond donors (Lipinski definition) is 0. The Bertz CT molecular complexity index is 87.5. The minimum absolute atomic E-state index is 0. The number of carboxylic acids is 1. The third-order valence-corrected chi connectivity index (χ3v) is 0.393. The SMILES string of the molecule is CC(=O)CC(=O)[O-].[Zn]. The monoisotopic (exact) mass is 165 g/mol. The molecule has 0 saturated carbocycles. The third-order valence-electron chi connectivity index (χ3n) is 0.393. The van der Waals surface area contributed by atoms with Crippen LogP contribution < -0.4 is 5.11 Å². The Morgan fingerprint density at radius 2 is 1.88 bits per heavy atom. The summed E-state index contributed by atoms with van der Waals surface area (Å²) < 4.78 is 0. The molecule has 0 aliphatic rings. The number of carboxylic acid groups (broad SMARTS) is 1. The van der Waals surface area contributed by atoms with Gasteiger partial charge in [-0.05, 0) is 6.92 Å². The van der Waals surface area contributed by atoms with E-state index in [2.05, 4.69) is 0 Å². The van der Waals surface area contributed by atoms with Gasteiger partial charge in [0.15, 0.2) is 0 Å². The maximum atomic E-state index is 9.83. The minimum Gasteiger partial charge on any atom is -0.550 e. The molecule has 0 aromatic carbocycles. The molecule has 0 saturated heterocycles. The summed E-state index contributed by atoms with van der Waals surface area (Å²) in [6.45, 7) is 1.20. The van der Waals surface area contributed by atoms with Crippen LogP contribution in [0.3, 0.4) is 0 Å². The van der Waals surface area contributed by atoms with Crippen LogP contribution in [0.4, 0.5) is 0 Å². The molecule has 0 aromatic rings. The number of hydrogen-bond acceptors (Lipinski definition) is 3. The van der Waals surface area contributed by atoms with E-state index in [9.17, 15) is 14.7 Å². The summed E-state index contributed by atoms with van der Waals surface area (Å²) in [6, 6.07) is 0. The smallest absolute Gasteiger partial charge is 0.135 e. The Kier molecular flexibility index (Phi) is 6.56. The molecule has 0 amide bonds. The molecule has 0 unspecified atom stereocenters. The van der Waals surface area contributed by atoms with Crippen LogP contribution in [0.2, 0.25) is 0 Å². The summed E-state index contributed by atoms with van der Waals surface area (Å²) in [7, 11) is 0. The van der Waals surface area contributed by atoms with Gasteiger partial charge in [-0.25, -0.2) is 0 Å². The van der Waals surface area contributed by atoms with Crippen molar-refractivity contribution in [3.63, 3.8) is 0 Å². The Hall–Kier alpha value is -0.237. The van der Waals surface area contributed by atoms with Crippen molar-refractivity contribution in [3.8, 4) is 0 Å². The summed E-state index contributed by atoms with van der Waals surface area (Å²) in [4.78, 5) is 19.3. The summed E-state index contributed by atoms with van der Waals surface area (Å²) in [5, 5.41) is 9.48. The molecule has 0 rings (SSSR count). The van der Waals surface area contributed by atoms with E-state index in [4.69, 9.17) is 0 Å². The number of Topliss-reactive ketones (excluding diaryl/α,β-unsaturated/α-hetero) is 1. The zero-order chi connectivity index (χ0) is 5.86. The summed E-state index contributed by atoms with van der Waals surface area (Å²) in [6.07, 6.45) is -0.472. The topological polar surface area (TPSA) is 57.2 Å². The predicted molar refractivity (Wildman–Crippen MR) is 20.3 cm³/mol. The molecule has 0 fully saturated rings. The average Bonchev–Trinajstić information content (AvgIpc) is 1.27. The number of ketones is 1. The Morgan fingerprint density at radius 3 is 1.88 bits per heavy atom. The Labute approximate surface area is 59.8 Å². The van der Waals surface area contributed by atoms with Crippen LogP contribution in [0.5, 0.6) is 0 Å². The van der Waals surface area contributed by atoms with E-state index < -0.39 is 12.4 Å². The molecule has 3 nitrogen and oxygen atoms in total. The summed E-state index contributed by atoms with van der Waals surface area (Å²) in [5.41, 5.74) is 0. The summed E-state index contributed by atoms with van der Waals surface area (Å²) in [5.74, 6) is -1.69. The van der Waals surface area contributed by atoms with Crippen LogP contribution >= 0.6 is 0 Å². The van der Waals surface area contributed by atoms with E-state index in [-0.39, 0.29) is 25.3 Å². The van der Waals surface area contributed by atoms with Crippen molar-refractivity contribution in [1.29, 1.82) is 0 Å². The number of rotatable bonds is 2. The molecule has 42 valence electrons. The molecule has 0 N–H and O–H groups in total. The summed E-state index contributed by atoms with van der Waals surface area (Å²) >= 11 is 0. The van der Waals surface area contributed by atoms with Gasteiger partial charge in [-0.15, -0.1) is 0 Å². The van der Waals surface area contributed by atoms with Gasteiger partial charge in [-0.2, -0.15) is 0 Å². The standard InChI is InChI=1S/C4H6O3.Zn/c1-3(5)2-4(6)7;/h2H2,1H3,(H,6,7);/p-1. The van der Waals surface area contributed by atoms with Crippen molar-refractivity contribution >= 4 is 11.8 Å². The second-order valence-electron chi connectivity index (χ2n) is 1.25. The number of carbonyl (C=O) groups is 2. The van der Waals surface area contributed by atoms with E-state index in [1.165, 1.54) is 6.92 Å². The van der Waals surface area contributed by atoms with Crippen LogP contribution in [0.15, 0.2) is 0 Å². The van der Waals surface area contributed by atoms with Gasteiger partial charge in [-0.3, -0.25) is 4.79 Å². The molecule has 0 heterocycles. The van der Waals surface area contributed by atoms with Crippen molar-refractivity contribution in [2.75, 3.05) is 0 Å². The second-order valence-corrected chi connectivity index (χ2v) is 1.25. The maximum Gasteiger partial charge on any atom is 0.135 e. The van der Waals surface area contributed by atoms with Crippen LogP contribution in [-0.2, 0) is 29.1 Å². The zero-order valence-corrected chi connectivity index (χ0v) is 7.61. The van der Waals surface area contributed by atoms with Crippen molar-refractivity contribution in [2.45, 2.75) is 13.3 Å². The zero-order valence-electron chi connectivity index (χ0n) is 4.64. The van der Waals surface area contributed by atoms with Crippen molar-refractivity contribution in [2.24, 2.45) is 0 Å². The van der Waals surface area contributed by atoms with Crippen molar-refractivity contribution in [3.05, 3.63) is 0 Å². The normalized spacial score (nSPS) is 7.12. The first-order valence-corrected chi connectivity index (χ1v) is 1.82. The predicted octanol–water partition coefficient (Wildman–Crippen LogP) is -1.29. The minimum atomic E-state index is -1.31. The molecule has 4 heteroatoms. The van der Waals surface area contributed by atoms with Crippen molar-refractivity contribution in [1.82, 2.24) is 0 Å². The van der Waals surface area contributed by atoms with E-state index in [1.54, 1.807) is 0 Å². The fourth-order valence-corrected chi connectivity index (χ4v) is 0.203. The Balaban J connectivity index is 0. The van der Waals surface area contributed by atoms with E-state index in [0.29, 0.717) is 0 Å². The first-order valence-electron chi connectivity index (χ1n) is 1.82. The van der Waals surface area contributed by atoms with Gasteiger partial charge in [-0.1, -0.05) is 0 Å². The average molecular weight is 166 g/mol. The molecule has 0 aliphatic heterocycles. The first kappa shape index (κ1) is 10.7. The van der Waals surface area contributed by atoms with Crippen LogP contribution in [0, 0.1) is 0 Å². The maximum absolute atomic E-state index is 9.83. The fraction of sp³-hybridized carbons (Fsp3) is 0.500. The first-order chi connectivity index (χ1) is 3.13. The molecule has 0 radical (unpaired) electrons. The fourth-order valence-electron chi connectivity index (χ4n) is 0.203.